The van der Waals surface area contributed by atoms with E-state index in [1.54, 1.807) is 0 Å². The number of hydrogen-bond donors (Lipinski definition) is 0. The zero-order chi connectivity index (χ0) is 16.1. The molecule has 1 atom stereocenters. The van der Waals surface area contributed by atoms with Gasteiger partial charge in [-0.25, -0.2) is 0 Å². The minimum Gasteiger partial charge on any atom is -0.378 e. The molecule has 2 aromatic rings. The van der Waals surface area contributed by atoms with Crippen molar-refractivity contribution in [2.45, 2.75) is 6.92 Å². The molecule has 3 rings (SSSR count). The van der Waals surface area contributed by atoms with Crippen LogP contribution < -0.4 is 14.9 Å². The summed E-state index contributed by atoms with van der Waals surface area (Å²) in [6.07, 6.45) is -2.09. The number of fused-ring (bicyclic) bond motifs is 1. The van der Waals surface area contributed by atoms with Crippen LogP contribution >= 0.6 is 6.19 Å². The van der Waals surface area contributed by atoms with E-state index >= 15 is 0 Å². The zero-order valence-corrected chi connectivity index (χ0v) is 14.9. The predicted molar refractivity (Wildman–Crippen MR) is 98.6 cm³/mol. The Balaban J connectivity index is 2.14. The highest BCUT2D eigenvalue weighted by Gasteiger charge is 2.40. The van der Waals surface area contributed by atoms with Crippen LogP contribution in [0.25, 0.3) is 0 Å². The first kappa shape index (κ1) is 15.3. The van der Waals surface area contributed by atoms with Crippen LogP contribution in [0.4, 0.5) is 11.4 Å². The number of amides is 1. The van der Waals surface area contributed by atoms with Crippen LogP contribution in [0.15, 0.2) is 42.5 Å². The smallest absolute Gasteiger partial charge is 0.263 e. The Kier molecular flexibility index (Phi) is 3.62. The van der Waals surface area contributed by atoms with E-state index in [0.717, 1.165) is 22.2 Å². The first-order valence-electron chi connectivity index (χ1n) is 7.13. The van der Waals surface area contributed by atoms with E-state index in [9.17, 15) is 4.79 Å². The Bertz CT molecular complexity index is 799. The third-order valence-corrected chi connectivity index (χ3v) is 7.57. The molecule has 0 N–H and O–H groups in total. The van der Waals surface area contributed by atoms with Crippen molar-refractivity contribution in [3.8, 4) is 0 Å². The fraction of sp³-hybridized carbons (Fsp3) is 0.235. The average Bonchev–Trinajstić information content (AvgIpc) is 2.67. The number of carbonyl (C=O) groups excluding carboxylic acids is 1. The van der Waals surface area contributed by atoms with Gasteiger partial charge in [0.1, 0.15) is 0 Å². The monoisotopic (exact) mass is 330 g/mol. The molecule has 5 heteroatoms. The largest absolute Gasteiger partial charge is 0.378 e. The first-order chi connectivity index (χ1) is 10.3. The van der Waals surface area contributed by atoms with Crippen LogP contribution in [0.5, 0.6) is 0 Å². The quantitative estimate of drug-likeness (QED) is 0.789. The normalized spacial score (nSPS) is 20.2. The van der Waals surface area contributed by atoms with Gasteiger partial charge in [-0.15, -0.1) is 0 Å². The van der Waals surface area contributed by atoms with E-state index in [-0.39, 0.29) is 5.91 Å². The van der Waals surface area contributed by atoms with Crippen LogP contribution in [-0.2, 0) is 11.8 Å². The predicted octanol–water partition coefficient (Wildman–Crippen LogP) is 3.37. The molecule has 0 saturated carbocycles. The number of anilines is 2. The average molecular weight is 330 g/mol. The first-order valence-corrected chi connectivity index (χ1v) is 10.3. The minimum absolute atomic E-state index is 0.0217. The van der Waals surface area contributed by atoms with Crippen molar-refractivity contribution in [2.75, 3.05) is 30.3 Å². The molecular formula is C17H19N2OPS. The maximum absolute atomic E-state index is 12.9. The molecule has 1 heterocycles. The number of nitrogens with zero attached hydrogens (tertiary/aromatic N) is 2. The molecule has 0 bridgehead atoms. The van der Waals surface area contributed by atoms with E-state index < -0.39 is 6.19 Å². The molecule has 114 valence electrons. The van der Waals surface area contributed by atoms with E-state index in [4.69, 9.17) is 11.8 Å². The molecule has 0 aliphatic carbocycles. The van der Waals surface area contributed by atoms with Crippen molar-refractivity contribution < 1.29 is 4.79 Å². The number of carbonyl (C=O) groups is 1. The van der Waals surface area contributed by atoms with Crippen LogP contribution in [0.2, 0.25) is 0 Å². The van der Waals surface area contributed by atoms with Gasteiger partial charge in [0.25, 0.3) is 5.91 Å². The summed E-state index contributed by atoms with van der Waals surface area (Å²) in [7, 11) is 3.95. The minimum atomic E-state index is -2.09. The Labute approximate surface area is 136 Å². The fourth-order valence-corrected chi connectivity index (χ4v) is 5.94. The second-order valence-corrected chi connectivity index (χ2v) is 10.7. The summed E-state index contributed by atoms with van der Waals surface area (Å²) < 4.78 is 1.83. The number of rotatable bonds is 2. The summed E-state index contributed by atoms with van der Waals surface area (Å²) in [5.41, 5.74) is 3.83. The van der Waals surface area contributed by atoms with Gasteiger partial charge in [-0.1, -0.05) is 29.5 Å². The summed E-state index contributed by atoms with van der Waals surface area (Å²) in [5, 5.41) is 1.01. The van der Waals surface area contributed by atoms with Gasteiger partial charge < -0.3 is 4.90 Å². The van der Waals surface area contributed by atoms with Crippen molar-refractivity contribution in [3.63, 3.8) is 0 Å². The maximum atomic E-state index is 12.9. The van der Waals surface area contributed by atoms with Gasteiger partial charge in [0, 0.05) is 30.8 Å². The Morgan fingerprint density at radius 2 is 1.73 bits per heavy atom. The lowest BCUT2D eigenvalue weighted by molar-refractivity contribution is 0.101. The van der Waals surface area contributed by atoms with Crippen molar-refractivity contribution in [1.29, 1.82) is 0 Å². The molecule has 0 saturated heterocycles. The molecule has 0 aromatic heterocycles. The molecule has 0 radical (unpaired) electrons. The van der Waals surface area contributed by atoms with E-state index in [2.05, 4.69) is 0 Å². The molecule has 22 heavy (non-hydrogen) atoms. The summed E-state index contributed by atoms with van der Waals surface area (Å²) in [5.74, 6) is 0.0217. The van der Waals surface area contributed by atoms with Crippen LogP contribution in [0.1, 0.15) is 15.9 Å². The standard InChI is InChI=1S/C17H19N2OPS/c1-12-5-7-13(8-6-12)19-17(20)15-11-14(18(2)3)9-10-16(15)21(19,4)22/h5-11H,1-4H3/t21-/m1/s1. The van der Waals surface area contributed by atoms with Crippen molar-refractivity contribution in [3.05, 3.63) is 53.6 Å². The van der Waals surface area contributed by atoms with Crippen LogP contribution in [0, 0.1) is 6.92 Å². The Morgan fingerprint density at radius 3 is 2.32 bits per heavy atom. The number of aryl methyl sites for hydroxylation is 1. The highest BCUT2D eigenvalue weighted by molar-refractivity contribution is 8.19. The van der Waals surface area contributed by atoms with Gasteiger partial charge in [0.05, 0.1) is 11.8 Å². The third kappa shape index (κ3) is 2.27. The highest BCUT2D eigenvalue weighted by atomic mass is 32.4. The van der Waals surface area contributed by atoms with Gasteiger partial charge >= 0.3 is 0 Å². The molecule has 1 aliphatic heterocycles. The molecule has 1 aliphatic rings. The van der Waals surface area contributed by atoms with Crippen molar-refractivity contribution in [2.24, 2.45) is 0 Å². The SMILES string of the molecule is Cc1ccc(N2C(=O)c3cc(N(C)C)ccc3[P@@]2(C)=S)cc1. The number of hydrogen-bond acceptors (Lipinski definition) is 3. The molecule has 1 amide bonds. The second kappa shape index (κ2) is 5.22. The Morgan fingerprint density at radius 1 is 1.09 bits per heavy atom. The lowest BCUT2D eigenvalue weighted by Crippen LogP contribution is -2.21. The topological polar surface area (TPSA) is 23.6 Å². The van der Waals surface area contributed by atoms with Crippen LogP contribution in [0.3, 0.4) is 0 Å². The van der Waals surface area contributed by atoms with Gasteiger partial charge in [0.2, 0.25) is 0 Å². The number of benzene rings is 2. The summed E-state index contributed by atoms with van der Waals surface area (Å²) in [6, 6.07) is 14.0. The highest BCUT2D eigenvalue weighted by Crippen LogP contribution is 2.54. The zero-order valence-electron chi connectivity index (χ0n) is 13.2. The Hall–Kier alpha value is -1.64. The van der Waals surface area contributed by atoms with Crippen molar-refractivity contribution >= 4 is 40.6 Å². The van der Waals surface area contributed by atoms with Gasteiger partial charge in [-0.2, -0.15) is 0 Å². The summed E-state index contributed by atoms with van der Waals surface area (Å²) >= 11 is 5.89. The summed E-state index contributed by atoms with van der Waals surface area (Å²) in [6.45, 7) is 4.07. The van der Waals surface area contributed by atoms with Crippen molar-refractivity contribution in [1.82, 2.24) is 0 Å². The van der Waals surface area contributed by atoms with Gasteiger partial charge in [0.15, 0.2) is 0 Å². The van der Waals surface area contributed by atoms with Crippen LogP contribution in [-0.4, -0.2) is 26.7 Å². The molecule has 3 nitrogen and oxygen atoms in total. The molecular weight excluding hydrogens is 311 g/mol. The van der Waals surface area contributed by atoms with E-state index in [0.29, 0.717) is 0 Å². The van der Waals surface area contributed by atoms with E-state index in [1.807, 2.05) is 79.7 Å². The van der Waals surface area contributed by atoms with E-state index in [1.165, 1.54) is 5.56 Å². The maximum Gasteiger partial charge on any atom is 0.263 e. The summed E-state index contributed by atoms with van der Waals surface area (Å²) in [4.78, 5) is 14.9. The molecule has 0 fully saturated rings. The third-order valence-electron chi connectivity index (χ3n) is 4.03. The fourth-order valence-electron chi connectivity index (χ4n) is 2.75. The molecule has 0 spiro atoms. The van der Waals surface area contributed by atoms with Gasteiger partial charge in [-0.3, -0.25) is 9.46 Å². The molecule has 0 unspecified atom stereocenters. The lowest BCUT2D eigenvalue weighted by Gasteiger charge is -2.25. The second-order valence-electron chi connectivity index (χ2n) is 5.93. The molecule has 2 aromatic carbocycles. The lowest BCUT2D eigenvalue weighted by atomic mass is 10.1. The van der Waals surface area contributed by atoms with Gasteiger partial charge in [-0.05, 0) is 43.9 Å².